The molecule has 2 aromatic rings. The van der Waals surface area contributed by atoms with Crippen LogP contribution < -0.4 is 10.1 Å². The highest BCUT2D eigenvalue weighted by molar-refractivity contribution is 6.02. The number of Topliss-reactive ketones (excluding diaryl/α,β-unsaturated/α-hetero) is 1. The van der Waals surface area contributed by atoms with Crippen LogP contribution in [0.5, 0.6) is 5.75 Å². The second kappa shape index (κ2) is 35.3. The van der Waals surface area contributed by atoms with Gasteiger partial charge in [0.25, 0.3) is 11.8 Å². The van der Waals surface area contributed by atoms with Crippen LogP contribution in [-0.2, 0) is 78.2 Å². The molecule has 2 aromatic carbocycles. The van der Waals surface area contributed by atoms with E-state index in [1.165, 1.54) is 51.4 Å². The first-order chi connectivity index (χ1) is 42.7. The number of rotatable bonds is 31. The number of hydrogen-bond donors (Lipinski definition) is 2. The van der Waals surface area contributed by atoms with Gasteiger partial charge < -0.3 is 68.0 Å². The number of likely N-dealkylation sites (N-methyl/N-ethyl adjacent to an activating group) is 2. The van der Waals surface area contributed by atoms with E-state index in [9.17, 15) is 53.1 Å². The molecule has 3 heterocycles. The van der Waals surface area contributed by atoms with E-state index in [4.69, 9.17) is 38.0 Å². The van der Waals surface area contributed by atoms with E-state index >= 15 is 0 Å². The molecule has 5 rings (SSSR count). The highest BCUT2D eigenvalue weighted by Crippen LogP contribution is 2.32. The van der Waals surface area contributed by atoms with Crippen LogP contribution in [-0.4, -0.2) is 200 Å². The summed E-state index contributed by atoms with van der Waals surface area (Å²) in [5.41, 5.74) is 1.04. The van der Waals surface area contributed by atoms with Gasteiger partial charge in [0.15, 0.2) is 5.78 Å². The molecule has 0 aliphatic carbocycles. The number of likely N-dealkylation sites (tertiary alicyclic amines) is 1. The Hall–Kier alpha value is -7.32. The van der Waals surface area contributed by atoms with E-state index in [2.05, 4.69) is 5.32 Å². The number of amides is 7. The maximum absolute atomic E-state index is 14.9. The van der Waals surface area contributed by atoms with E-state index in [1.807, 2.05) is 45.9 Å². The molecule has 3 aliphatic rings. The average molecular weight is 1260 g/mol. The van der Waals surface area contributed by atoms with Crippen molar-refractivity contribution in [1.82, 2.24) is 30.0 Å². The van der Waals surface area contributed by atoms with Gasteiger partial charge in [-0.25, -0.2) is 14.4 Å². The number of carbonyl (C=O) groups excluding carboxylic acids is 10. The van der Waals surface area contributed by atoms with Crippen molar-refractivity contribution >= 4 is 59.4 Å². The molecule has 12 atom stereocenters. The van der Waals surface area contributed by atoms with Gasteiger partial charge in [-0.1, -0.05) is 103 Å². The van der Waals surface area contributed by atoms with Gasteiger partial charge in [0.05, 0.1) is 80.4 Å². The fourth-order valence-electron chi connectivity index (χ4n) is 11.7. The lowest BCUT2D eigenvalue weighted by atomic mass is 9.83. The number of ether oxygens (including phenoxy) is 7. The number of hydroxylamine groups is 2. The smallest absolute Gasteiger partial charge is 0.410 e. The molecule has 25 heteroatoms. The van der Waals surface area contributed by atoms with E-state index in [1.54, 1.807) is 74.9 Å². The summed E-state index contributed by atoms with van der Waals surface area (Å²) in [6.45, 7) is 14.5. The normalized spacial score (nSPS) is 19.8. The molecule has 7 amide bonds. The van der Waals surface area contributed by atoms with Crippen molar-refractivity contribution in [3.05, 3.63) is 77.9 Å². The van der Waals surface area contributed by atoms with Crippen LogP contribution in [0.2, 0.25) is 0 Å². The summed E-state index contributed by atoms with van der Waals surface area (Å²) in [6.07, 6.45) is -1.11. The number of imide groups is 1. The van der Waals surface area contributed by atoms with E-state index in [0.29, 0.717) is 42.0 Å². The molecule has 2 N–H and O–H groups in total. The molecule has 3 aliphatic heterocycles. The number of carbonyl (C=O) groups is 10. The Morgan fingerprint density at radius 3 is 2.13 bits per heavy atom. The maximum Gasteiger partial charge on any atom is 0.410 e. The Labute approximate surface area is 528 Å². The van der Waals surface area contributed by atoms with Crippen LogP contribution in [0.3, 0.4) is 0 Å². The second-order valence-corrected chi connectivity index (χ2v) is 24.2. The number of nitrogens with one attached hydrogen (secondary N) is 1. The maximum atomic E-state index is 14.9. The zero-order valence-corrected chi connectivity index (χ0v) is 54.4. The molecular formula is C65H94N6O19. The largest absolute Gasteiger partial charge is 0.445 e. The Morgan fingerprint density at radius 2 is 1.50 bits per heavy atom. The summed E-state index contributed by atoms with van der Waals surface area (Å²) in [5.74, 6) is -8.79. The standard InChI is InChI=1S/C65H94N6O19/c1-14-41(6)58(52(83-12)34-55(75)70-29-19-26-50(70)60(84-13)42(7)61(78)66-43(8)59(77)45-22-16-15-17-23-45)68(10)62(79)49(39(2)3)33-51(72)57(40(4)5)69(11)65(82)87-36-44-21-18-24-47(31-44)88-56(76)32-46(63(80)90-71-53(73)27-28-54(71)74)35-67(9)64(81)89-48-25-20-30-85-38-86-37-48/h15-18,20-25,31,39-43,46,48-50,52,57-60,77H,14,19,26-30,32-38H2,1-13H3,(H,66,78)/b25-20+/t41-,42+,43+,46?,48?,49-,50-,52+,57-,58-,59+,60+/m0/s1. The predicted octanol–water partition coefficient (Wildman–Crippen LogP) is 6.19. The summed E-state index contributed by atoms with van der Waals surface area (Å²) in [5, 5.41) is 14.2. The van der Waals surface area contributed by atoms with E-state index in [0.717, 1.165) is 4.90 Å². The van der Waals surface area contributed by atoms with Gasteiger partial charge in [0, 0.05) is 73.6 Å². The first-order valence-corrected chi connectivity index (χ1v) is 30.9. The number of benzene rings is 2. The Balaban J connectivity index is 1.21. The number of esters is 1. The Kier molecular flexibility index (Phi) is 28.8. The summed E-state index contributed by atoms with van der Waals surface area (Å²) < 4.78 is 39.3. The second-order valence-electron chi connectivity index (χ2n) is 24.2. The zero-order chi connectivity index (χ0) is 66.5. The molecule has 0 bridgehead atoms. The molecule has 0 saturated carbocycles. The van der Waals surface area contributed by atoms with Crippen LogP contribution in [0.4, 0.5) is 9.59 Å². The number of methoxy groups -OCH3 is 2. The molecule has 0 spiro atoms. The Morgan fingerprint density at radius 1 is 0.811 bits per heavy atom. The molecule has 2 unspecified atom stereocenters. The van der Waals surface area contributed by atoms with Gasteiger partial charge in [0.1, 0.15) is 25.3 Å². The fourth-order valence-corrected chi connectivity index (χ4v) is 11.7. The van der Waals surface area contributed by atoms with Crippen molar-refractivity contribution in [2.24, 2.45) is 35.5 Å². The molecule has 2 saturated heterocycles. The third-order valence-corrected chi connectivity index (χ3v) is 17.0. The highest BCUT2D eigenvalue weighted by Gasteiger charge is 2.44. The number of aliphatic hydroxyl groups is 1. The third kappa shape index (κ3) is 20.3. The first-order valence-electron chi connectivity index (χ1n) is 30.9. The van der Waals surface area contributed by atoms with Crippen molar-refractivity contribution in [2.75, 3.05) is 68.5 Å². The number of ketones is 1. The summed E-state index contributed by atoms with van der Waals surface area (Å²) in [7, 11) is 7.43. The molecule has 0 radical (unpaired) electrons. The van der Waals surface area contributed by atoms with Crippen molar-refractivity contribution in [1.29, 1.82) is 0 Å². The summed E-state index contributed by atoms with van der Waals surface area (Å²) in [6, 6.07) is 12.4. The van der Waals surface area contributed by atoms with E-state index < -0.39 is 121 Å². The van der Waals surface area contributed by atoms with Crippen LogP contribution in [0.15, 0.2) is 66.7 Å². The minimum absolute atomic E-state index is 0.00748. The van der Waals surface area contributed by atoms with Gasteiger partial charge in [-0.2, -0.15) is 0 Å². The van der Waals surface area contributed by atoms with E-state index in [-0.39, 0.29) is 93.4 Å². The topological polar surface area (TPSA) is 293 Å². The molecule has 25 nitrogen and oxygen atoms in total. The third-order valence-electron chi connectivity index (χ3n) is 17.0. The number of hydrogen-bond acceptors (Lipinski definition) is 19. The molecule has 2 fully saturated rings. The zero-order valence-electron chi connectivity index (χ0n) is 54.4. The van der Waals surface area contributed by atoms with Gasteiger partial charge in [-0.15, -0.1) is 5.06 Å². The number of nitrogens with zero attached hydrogens (tertiary/aromatic N) is 5. The van der Waals surface area contributed by atoms with Crippen LogP contribution >= 0.6 is 0 Å². The highest BCUT2D eigenvalue weighted by atomic mass is 16.7. The quantitative estimate of drug-likeness (QED) is 0.0368. The average Bonchev–Trinajstić information content (AvgIpc) is 1.63. The Bertz CT molecular complexity index is 2780. The molecule has 90 heavy (non-hydrogen) atoms. The van der Waals surface area contributed by atoms with Gasteiger partial charge in [-0.05, 0) is 66.9 Å². The van der Waals surface area contributed by atoms with Gasteiger partial charge in [0.2, 0.25) is 17.7 Å². The molecular weight excluding hydrogens is 1170 g/mol. The number of aliphatic hydroxyl groups excluding tert-OH is 1. The lowest BCUT2D eigenvalue weighted by molar-refractivity contribution is -0.201. The van der Waals surface area contributed by atoms with Crippen molar-refractivity contribution in [3.63, 3.8) is 0 Å². The minimum atomic E-state index is -1.45. The van der Waals surface area contributed by atoms with Crippen LogP contribution in [0, 0.1) is 35.5 Å². The SMILES string of the molecule is CC[C@H](C)[C@@H]([C@@H](CC(=O)N1CCC[C@H]1[C@H](OC)[C@@H](C)C(=O)N[C@H](C)[C@@H](O)c1ccccc1)OC)N(C)C(=O)[C@@H](CC(=O)[C@H](C(C)C)N(C)C(=O)OCc1cccc(OC(=O)CC(CN(C)C(=O)OC2/C=C/COCOC2)C(=O)ON2C(=O)CCC2=O)c1)C(C)C. The summed E-state index contributed by atoms with van der Waals surface area (Å²) in [4.78, 5) is 147. The lowest BCUT2D eigenvalue weighted by Crippen LogP contribution is -2.55. The van der Waals surface area contributed by atoms with Gasteiger partial charge >= 0.3 is 24.1 Å². The predicted molar refractivity (Wildman–Crippen MR) is 326 cm³/mol. The van der Waals surface area contributed by atoms with Crippen molar-refractivity contribution in [3.8, 4) is 5.75 Å². The molecule has 498 valence electrons. The lowest BCUT2D eigenvalue weighted by Gasteiger charge is -2.41. The first kappa shape index (κ1) is 73.4. The van der Waals surface area contributed by atoms with Crippen LogP contribution in [0.25, 0.3) is 0 Å². The van der Waals surface area contributed by atoms with Crippen LogP contribution in [0.1, 0.15) is 124 Å². The molecule has 0 aromatic heterocycles. The van der Waals surface area contributed by atoms with Crippen molar-refractivity contribution in [2.45, 2.75) is 162 Å². The van der Waals surface area contributed by atoms with Crippen molar-refractivity contribution < 1.29 is 91.0 Å². The minimum Gasteiger partial charge on any atom is -0.445 e. The van der Waals surface area contributed by atoms with Gasteiger partial charge in [-0.3, -0.25) is 33.6 Å². The fraction of sp³-hybridized carbons (Fsp3) is 0.631. The summed E-state index contributed by atoms with van der Waals surface area (Å²) >= 11 is 0. The monoisotopic (exact) mass is 1260 g/mol.